The minimum absolute atomic E-state index is 0.0119. The fourth-order valence-electron chi connectivity index (χ4n) is 7.34. The van der Waals surface area contributed by atoms with Crippen LogP contribution in [-0.4, -0.2) is 61.5 Å². The zero-order valence-corrected chi connectivity index (χ0v) is 26.1. The van der Waals surface area contributed by atoms with Crippen LogP contribution in [0.5, 0.6) is 0 Å². The van der Waals surface area contributed by atoms with Crippen molar-refractivity contribution in [2.75, 3.05) is 23.7 Å². The summed E-state index contributed by atoms with van der Waals surface area (Å²) in [6.07, 6.45) is 5.08. The van der Waals surface area contributed by atoms with Crippen LogP contribution in [0.4, 0.5) is 11.5 Å². The van der Waals surface area contributed by atoms with Gasteiger partial charge < -0.3 is 20.6 Å². The molecule has 3 aliphatic rings. The summed E-state index contributed by atoms with van der Waals surface area (Å²) in [6, 6.07) is 18.8. The monoisotopic (exact) mass is 634 g/mol. The topological polar surface area (TPSA) is 147 Å². The van der Waals surface area contributed by atoms with Crippen molar-refractivity contribution in [2.45, 2.75) is 63.5 Å². The van der Waals surface area contributed by atoms with E-state index in [2.05, 4.69) is 20.6 Å². The number of piperidine rings is 1. The van der Waals surface area contributed by atoms with Crippen LogP contribution in [-0.2, 0) is 33.8 Å². The molecular formula is C36H38N6O5. The fraction of sp³-hybridized carbons (Fsp3) is 0.389. The minimum atomic E-state index is -0.382. The lowest BCUT2D eigenvalue weighted by molar-refractivity contribution is -0.139. The van der Waals surface area contributed by atoms with Gasteiger partial charge in [-0.05, 0) is 78.8 Å². The molecule has 0 spiro atoms. The molecule has 1 saturated heterocycles. The molecule has 2 fully saturated rings. The number of likely N-dealkylation sites (tertiary alicyclic amines) is 1. The van der Waals surface area contributed by atoms with Crippen LogP contribution in [0.15, 0.2) is 71.8 Å². The van der Waals surface area contributed by atoms with Gasteiger partial charge in [-0.1, -0.05) is 42.5 Å². The molecule has 0 bridgehead atoms. The maximum Gasteiger partial charge on any atom is 0.279 e. The highest BCUT2D eigenvalue weighted by atomic mass is 16.3. The molecule has 3 atom stereocenters. The van der Waals surface area contributed by atoms with E-state index in [9.17, 15) is 24.3 Å². The van der Waals surface area contributed by atoms with Gasteiger partial charge in [0.2, 0.25) is 17.7 Å². The summed E-state index contributed by atoms with van der Waals surface area (Å²) < 4.78 is 1.58. The van der Waals surface area contributed by atoms with Gasteiger partial charge in [-0.25, -0.2) is 9.97 Å². The maximum absolute atomic E-state index is 13.7. The van der Waals surface area contributed by atoms with E-state index in [-0.39, 0.29) is 64.9 Å². The number of fused-ring (bicyclic) bond motifs is 2. The van der Waals surface area contributed by atoms with Gasteiger partial charge >= 0.3 is 0 Å². The number of nitrogens with one attached hydrogen (secondary N) is 2. The molecule has 0 radical (unpaired) electrons. The molecule has 11 heteroatoms. The fourth-order valence-corrected chi connectivity index (χ4v) is 7.34. The molecule has 4 heterocycles. The third-order valence-corrected chi connectivity index (χ3v) is 9.85. The Morgan fingerprint density at radius 2 is 1.79 bits per heavy atom. The summed E-state index contributed by atoms with van der Waals surface area (Å²) in [5, 5.41) is 15.9. The highest BCUT2D eigenvalue weighted by Crippen LogP contribution is 2.39. The third kappa shape index (κ3) is 6.66. The van der Waals surface area contributed by atoms with Crippen molar-refractivity contribution in [3.63, 3.8) is 0 Å². The van der Waals surface area contributed by atoms with E-state index in [1.54, 1.807) is 29.1 Å². The summed E-state index contributed by atoms with van der Waals surface area (Å²) in [7, 11) is 0. The van der Waals surface area contributed by atoms with Crippen molar-refractivity contribution < 1.29 is 19.5 Å². The van der Waals surface area contributed by atoms with Gasteiger partial charge in [0.1, 0.15) is 5.82 Å². The summed E-state index contributed by atoms with van der Waals surface area (Å²) in [5.41, 5.74) is 3.87. The standard InChI is InChI=1S/C36H38N6O5/c43-26-8-9-27(28(19-26)24-4-2-1-3-5-24)35(46)41-14-12-22(13-15-41)20-42-21-37-29-10-11-31(40-34(29)36(42)47)39-32(44)17-23-6-7-25-18-33(45)38-30(25)16-23/h1-7,10-11,16,21-22,26-28,43H,8-9,12-15,17-20H2,(H,38,45)(H,39,40,44). The summed E-state index contributed by atoms with van der Waals surface area (Å²) in [6.45, 7) is 1.73. The number of hydrogen-bond donors (Lipinski definition) is 3. The van der Waals surface area contributed by atoms with Crippen molar-refractivity contribution in [2.24, 2.45) is 11.8 Å². The molecule has 3 unspecified atom stereocenters. The van der Waals surface area contributed by atoms with Crippen molar-refractivity contribution in [3.8, 4) is 0 Å². The normalized spacial score (nSPS) is 21.3. The number of aliphatic hydroxyl groups excluding tert-OH is 1. The molecule has 1 saturated carbocycles. The second-order valence-electron chi connectivity index (χ2n) is 13.1. The molecule has 1 aliphatic carbocycles. The van der Waals surface area contributed by atoms with Gasteiger partial charge in [0, 0.05) is 31.2 Å². The zero-order chi connectivity index (χ0) is 32.5. The quantitative estimate of drug-likeness (QED) is 0.281. The van der Waals surface area contributed by atoms with Crippen molar-refractivity contribution in [1.29, 1.82) is 0 Å². The molecular weight excluding hydrogens is 596 g/mol. The number of benzene rings is 2. The van der Waals surface area contributed by atoms with E-state index in [4.69, 9.17) is 0 Å². The van der Waals surface area contributed by atoms with Crippen molar-refractivity contribution in [3.05, 3.63) is 94.0 Å². The molecule has 11 nitrogen and oxygen atoms in total. The van der Waals surface area contributed by atoms with Gasteiger partial charge in [-0.2, -0.15) is 0 Å². The lowest BCUT2D eigenvalue weighted by atomic mass is 9.73. The van der Waals surface area contributed by atoms with Gasteiger partial charge in [0.25, 0.3) is 5.56 Å². The third-order valence-electron chi connectivity index (χ3n) is 9.85. The van der Waals surface area contributed by atoms with Crippen LogP contribution in [0, 0.1) is 11.8 Å². The number of rotatable bonds is 7. The number of carbonyl (C=O) groups excluding carboxylic acids is 3. The van der Waals surface area contributed by atoms with E-state index >= 15 is 0 Å². The number of aliphatic hydroxyl groups is 1. The molecule has 47 heavy (non-hydrogen) atoms. The first-order valence-electron chi connectivity index (χ1n) is 16.4. The molecule has 2 aromatic carbocycles. The average Bonchev–Trinajstić information content (AvgIpc) is 3.46. The van der Waals surface area contributed by atoms with Crippen LogP contribution in [0.25, 0.3) is 11.0 Å². The Balaban J connectivity index is 0.974. The Hall–Kier alpha value is -4.90. The van der Waals surface area contributed by atoms with E-state index in [1.807, 2.05) is 47.4 Å². The average molecular weight is 635 g/mol. The number of hydrogen-bond acceptors (Lipinski definition) is 7. The second kappa shape index (κ2) is 13.1. The molecule has 4 aromatic rings. The Kier molecular flexibility index (Phi) is 8.55. The largest absolute Gasteiger partial charge is 0.393 e. The first kappa shape index (κ1) is 30.7. The Bertz CT molecular complexity index is 1880. The number of amides is 3. The Morgan fingerprint density at radius 3 is 2.60 bits per heavy atom. The summed E-state index contributed by atoms with van der Waals surface area (Å²) in [4.78, 5) is 62.5. The SMILES string of the molecule is O=C(Cc1ccc2c(c1)NC(=O)C2)Nc1ccc2ncn(CC3CCN(C(=O)C4CCC(O)CC4c4ccccc4)CC3)c(=O)c2n1. The molecule has 2 aliphatic heterocycles. The van der Waals surface area contributed by atoms with Gasteiger partial charge in [0.05, 0.1) is 30.8 Å². The molecule has 3 amide bonds. The van der Waals surface area contributed by atoms with E-state index in [0.29, 0.717) is 50.8 Å². The first-order valence-corrected chi connectivity index (χ1v) is 16.4. The summed E-state index contributed by atoms with van der Waals surface area (Å²) in [5.74, 6) is 0.162. The van der Waals surface area contributed by atoms with Crippen LogP contribution in [0.2, 0.25) is 0 Å². The predicted molar refractivity (Wildman–Crippen MR) is 177 cm³/mol. The van der Waals surface area contributed by atoms with Crippen LogP contribution >= 0.6 is 0 Å². The van der Waals surface area contributed by atoms with Crippen molar-refractivity contribution >= 4 is 40.3 Å². The van der Waals surface area contributed by atoms with E-state index < -0.39 is 0 Å². The number of carbonyl (C=O) groups is 3. The highest BCUT2D eigenvalue weighted by molar-refractivity contribution is 5.99. The molecule has 242 valence electrons. The maximum atomic E-state index is 13.7. The smallest absolute Gasteiger partial charge is 0.279 e. The summed E-state index contributed by atoms with van der Waals surface area (Å²) >= 11 is 0. The molecule has 2 aromatic heterocycles. The second-order valence-corrected chi connectivity index (χ2v) is 13.1. The zero-order valence-electron chi connectivity index (χ0n) is 26.1. The minimum Gasteiger partial charge on any atom is -0.393 e. The Labute approximate surface area is 272 Å². The van der Waals surface area contributed by atoms with Crippen molar-refractivity contribution in [1.82, 2.24) is 19.4 Å². The first-order chi connectivity index (χ1) is 22.8. The number of nitrogens with zero attached hydrogens (tertiary/aromatic N) is 4. The van der Waals surface area contributed by atoms with Gasteiger partial charge in [-0.15, -0.1) is 0 Å². The lowest BCUT2D eigenvalue weighted by Crippen LogP contribution is -2.45. The lowest BCUT2D eigenvalue weighted by Gasteiger charge is -2.39. The van der Waals surface area contributed by atoms with Crippen LogP contribution in [0.3, 0.4) is 0 Å². The van der Waals surface area contributed by atoms with Crippen LogP contribution < -0.4 is 16.2 Å². The van der Waals surface area contributed by atoms with Crippen LogP contribution in [0.1, 0.15) is 54.7 Å². The number of aromatic nitrogens is 3. The Morgan fingerprint density at radius 1 is 0.979 bits per heavy atom. The van der Waals surface area contributed by atoms with E-state index in [0.717, 1.165) is 35.2 Å². The predicted octanol–water partition coefficient (Wildman–Crippen LogP) is 3.65. The van der Waals surface area contributed by atoms with Gasteiger partial charge in [-0.3, -0.25) is 23.7 Å². The molecule has 7 rings (SSSR count). The van der Waals surface area contributed by atoms with E-state index in [1.165, 1.54) is 0 Å². The highest BCUT2D eigenvalue weighted by Gasteiger charge is 2.38. The number of anilines is 2. The molecule has 3 N–H and O–H groups in total. The number of pyridine rings is 1. The van der Waals surface area contributed by atoms with Gasteiger partial charge in [0.15, 0.2) is 5.52 Å².